The minimum Gasteiger partial charge on any atom is -0.325 e. The van der Waals surface area contributed by atoms with Gasteiger partial charge in [-0.05, 0) is 28.1 Å². The van der Waals surface area contributed by atoms with E-state index in [1.54, 1.807) is 18.3 Å². The molecule has 19 heavy (non-hydrogen) atoms. The van der Waals surface area contributed by atoms with E-state index in [2.05, 4.69) is 31.6 Å². The number of rotatable bonds is 4. The van der Waals surface area contributed by atoms with E-state index in [0.717, 1.165) is 0 Å². The largest absolute Gasteiger partial charge is 0.325 e. The topological polar surface area (TPSA) is 85.8 Å². The van der Waals surface area contributed by atoms with Crippen LogP contribution in [0.2, 0.25) is 0 Å². The van der Waals surface area contributed by atoms with Crippen LogP contribution in [-0.2, 0) is 17.9 Å². The molecule has 2 rings (SSSR count). The van der Waals surface area contributed by atoms with Crippen LogP contribution in [-0.4, -0.2) is 20.9 Å². The molecule has 0 atom stereocenters. The highest BCUT2D eigenvalue weighted by atomic mass is 79.9. The number of benzene rings is 1. The molecule has 1 amide bonds. The lowest BCUT2D eigenvalue weighted by molar-refractivity contribution is -0.117. The molecule has 100 valence electrons. The maximum Gasteiger partial charge on any atom is 0.246 e. The highest BCUT2D eigenvalue weighted by molar-refractivity contribution is 9.10. The Kier molecular flexibility index (Phi) is 4.23. The number of nitrogens with zero attached hydrogens (tertiary/aromatic N) is 3. The lowest BCUT2D eigenvalue weighted by atomic mass is 10.3. The molecule has 0 spiro atoms. The van der Waals surface area contributed by atoms with Gasteiger partial charge in [0.2, 0.25) is 5.91 Å². The smallest absolute Gasteiger partial charge is 0.246 e. The quantitative estimate of drug-likeness (QED) is 0.885. The third kappa shape index (κ3) is 3.36. The van der Waals surface area contributed by atoms with Crippen molar-refractivity contribution in [2.24, 2.45) is 5.73 Å². The van der Waals surface area contributed by atoms with Crippen molar-refractivity contribution in [2.45, 2.75) is 13.1 Å². The summed E-state index contributed by atoms with van der Waals surface area (Å²) in [5.74, 6) is -0.914. The maximum absolute atomic E-state index is 13.5. The van der Waals surface area contributed by atoms with Gasteiger partial charge in [-0.2, -0.15) is 0 Å². The van der Waals surface area contributed by atoms with E-state index in [1.807, 2.05) is 0 Å². The van der Waals surface area contributed by atoms with E-state index in [-0.39, 0.29) is 18.8 Å². The lowest BCUT2D eigenvalue weighted by Crippen LogP contribution is -2.20. The molecule has 0 fully saturated rings. The Labute approximate surface area is 116 Å². The lowest BCUT2D eigenvalue weighted by Gasteiger charge is -2.08. The molecule has 0 unspecified atom stereocenters. The van der Waals surface area contributed by atoms with Gasteiger partial charge in [0.05, 0.1) is 17.6 Å². The summed E-state index contributed by atoms with van der Waals surface area (Å²) in [4.78, 5) is 11.8. The number of hydrogen-bond acceptors (Lipinski definition) is 4. The summed E-state index contributed by atoms with van der Waals surface area (Å²) in [5.41, 5.74) is 6.07. The van der Waals surface area contributed by atoms with E-state index in [0.29, 0.717) is 10.2 Å². The maximum atomic E-state index is 13.5. The number of aromatic nitrogens is 3. The average molecular weight is 328 g/mol. The fraction of sp³-hybridized carbons (Fsp3) is 0.182. The van der Waals surface area contributed by atoms with Crippen molar-refractivity contribution in [3.63, 3.8) is 0 Å². The molecule has 1 heterocycles. The van der Waals surface area contributed by atoms with Crippen molar-refractivity contribution in [1.82, 2.24) is 15.0 Å². The number of carbonyl (C=O) groups excluding carboxylic acids is 1. The summed E-state index contributed by atoms with van der Waals surface area (Å²) < 4.78 is 15.3. The molecule has 0 aliphatic carbocycles. The van der Waals surface area contributed by atoms with Crippen LogP contribution in [0, 0.1) is 5.82 Å². The molecular weight excluding hydrogens is 317 g/mol. The average Bonchev–Trinajstić information content (AvgIpc) is 2.81. The number of anilines is 1. The van der Waals surface area contributed by atoms with Crippen LogP contribution in [0.15, 0.2) is 28.9 Å². The first-order valence-corrected chi connectivity index (χ1v) is 6.22. The van der Waals surface area contributed by atoms with Gasteiger partial charge in [0.1, 0.15) is 12.4 Å². The van der Waals surface area contributed by atoms with Crippen LogP contribution in [0.25, 0.3) is 0 Å². The summed E-state index contributed by atoms with van der Waals surface area (Å²) in [7, 11) is 0. The van der Waals surface area contributed by atoms with Gasteiger partial charge in [-0.1, -0.05) is 11.3 Å². The highest BCUT2D eigenvalue weighted by Gasteiger charge is 2.11. The molecule has 0 aliphatic heterocycles. The molecule has 0 saturated heterocycles. The minimum absolute atomic E-state index is 0.0617. The summed E-state index contributed by atoms with van der Waals surface area (Å²) in [6.07, 6.45) is 1.57. The van der Waals surface area contributed by atoms with Gasteiger partial charge in [0.25, 0.3) is 0 Å². The minimum atomic E-state index is -0.510. The SMILES string of the molecule is NCc1cn(CC(=O)Nc2c(F)cccc2Br)nn1. The van der Waals surface area contributed by atoms with Gasteiger partial charge >= 0.3 is 0 Å². The number of nitrogens with two attached hydrogens (primary N) is 1. The third-order valence-corrected chi connectivity index (χ3v) is 2.99. The van der Waals surface area contributed by atoms with Crippen LogP contribution in [0.5, 0.6) is 0 Å². The first-order valence-electron chi connectivity index (χ1n) is 5.43. The zero-order valence-electron chi connectivity index (χ0n) is 9.81. The van der Waals surface area contributed by atoms with Crippen LogP contribution < -0.4 is 11.1 Å². The number of hydrogen-bond donors (Lipinski definition) is 2. The van der Waals surface area contributed by atoms with Crippen molar-refractivity contribution in [1.29, 1.82) is 0 Å². The Morgan fingerprint density at radius 1 is 1.53 bits per heavy atom. The molecule has 8 heteroatoms. The predicted octanol–water partition coefficient (Wildman–Crippen LogP) is 1.28. The standard InChI is InChI=1S/C11H11BrFN5O/c12-8-2-1-3-9(13)11(8)15-10(19)6-18-5-7(4-14)16-17-18/h1-3,5H,4,6,14H2,(H,15,19). The Hall–Kier alpha value is -1.80. The summed E-state index contributed by atoms with van der Waals surface area (Å²) in [6, 6.07) is 4.45. The second-order valence-corrected chi connectivity index (χ2v) is 4.61. The summed E-state index contributed by atoms with van der Waals surface area (Å²) in [5, 5.41) is 9.96. The number of halogens is 2. The Morgan fingerprint density at radius 3 is 2.95 bits per heavy atom. The van der Waals surface area contributed by atoms with Gasteiger partial charge in [-0.25, -0.2) is 9.07 Å². The number of amides is 1. The van der Waals surface area contributed by atoms with Gasteiger partial charge in [0, 0.05) is 11.0 Å². The van der Waals surface area contributed by atoms with Crippen LogP contribution in [0.3, 0.4) is 0 Å². The van der Waals surface area contributed by atoms with Gasteiger partial charge in [-0.15, -0.1) is 5.10 Å². The Bertz CT molecular complexity index is 580. The zero-order chi connectivity index (χ0) is 13.8. The number of nitrogens with one attached hydrogen (secondary N) is 1. The molecule has 3 N–H and O–H groups in total. The number of para-hydroxylation sites is 1. The van der Waals surface area contributed by atoms with Crippen LogP contribution >= 0.6 is 15.9 Å². The second-order valence-electron chi connectivity index (χ2n) is 3.76. The van der Waals surface area contributed by atoms with Crippen molar-refractivity contribution in [3.8, 4) is 0 Å². The van der Waals surface area contributed by atoms with Crippen molar-refractivity contribution >= 4 is 27.5 Å². The molecule has 1 aromatic carbocycles. The van der Waals surface area contributed by atoms with E-state index in [1.165, 1.54) is 10.7 Å². The first kappa shape index (κ1) is 13.6. The van der Waals surface area contributed by atoms with Gasteiger partial charge in [0.15, 0.2) is 0 Å². The molecule has 0 radical (unpaired) electrons. The van der Waals surface area contributed by atoms with Gasteiger partial charge < -0.3 is 11.1 Å². The predicted molar refractivity (Wildman–Crippen MR) is 70.6 cm³/mol. The Balaban J connectivity index is 2.05. The van der Waals surface area contributed by atoms with E-state index in [9.17, 15) is 9.18 Å². The second kappa shape index (κ2) is 5.89. The highest BCUT2D eigenvalue weighted by Crippen LogP contribution is 2.24. The number of carbonyl (C=O) groups is 1. The van der Waals surface area contributed by atoms with Gasteiger partial charge in [-0.3, -0.25) is 4.79 Å². The van der Waals surface area contributed by atoms with E-state index in [4.69, 9.17) is 5.73 Å². The normalized spacial score (nSPS) is 10.5. The molecular formula is C11H11BrFN5O. The van der Waals surface area contributed by atoms with Crippen molar-refractivity contribution in [3.05, 3.63) is 40.4 Å². The molecule has 2 aromatic rings. The van der Waals surface area contributed by atoms with E-state index >= 15 is 0 Å². The first-order chi connectivity index (χ1) is 9.10. The monoisotopic (exact) mass is 327 g/mol. The van der Waals surface area contributed by atoms with E-state index < -0.39 is 11.7 Å². The van der Waals surface area contributed by atoms with Crippen molar-refractivity contribution < 1.29 is 9.18 Å². The fourth-order valence-electron chi connectivity index (χ4n) is 1.45. The molecule has 1 aromatic heterocycles. The molecule has 6 nitrogen and oxygen atoms in total. The molecule has 0 bridgehead atoms. The van der Waals surface area contributed by atoms with Crippen LogP contribution in [0.1, 0.15) is 5.69 Å². The fourth-order valence-corrected chi connectivity index (χ4v) is 1.89. The molecule has 0 aliphatic rings. The zero-order valence-corrected chi connectivity index (χ0v) is 11.4. The molecule has 0 saturated carbocycles. The van der Waals surface area contributed by atoms with Crippen molar-refractivity contribution in [2.75, 3.05) is 5.32 Å². The third-order valence-electron chi connectivity index (χ3n) is 2.33. The summed E-state index contributed by atoms with van der Waals surface area (Å²) >= 11 is 3.17. The Morgan fingerprint density at radius 2 is 2.32 bits per heavy atom. The van der Waals surface area contributed by atoms with Crippen LogP contribution in [0.4, 0.5) is 10.1 Å². The summed E-state index contributed by atoms with van der Waals surface area (Å²) in [6.45, 7) is 0.189.